The lowest BCUT2D eigenvalue weighted by Gasteiger charge is -2.06. The summed E-state index contributed by atoms with van der Waals surface area (Å²) in [5, 5.41) is 12.2. The van der Waals surface area contributed by atoms with Crippen molar-refractivity contribution >= 4 is 23.0 Å². The minimum Gasteiger partial charge on any atom is -0.493 e. The molecule has 3 aromatic rings. The van der Waals surface area contributed by atoms with Gasteiger partial charge < -0.3 is 4.74 Å². The zero-order valence-corrected chi connectivity index (χ0v) is 14.1. The highest BCUT2D eigenvalue weighted by Gasteiger charge is 2.10. The number of thiazole rings is 1. The van der Waals surface area contributed by atoms with E-state index in [9.17, 15) is 5.26 Å². The van der Waals surface area contributed by atoms with Crippen molar-refractivity contribution in [1.82, 2.24) is 4.98 Å². The summed E-state index contributed by atoms with van der Waals surface area (Å²) in [6.07, 6.45) is 1.83. The summed E-state index contributed by atoms with van der Waals surface area (Å²) in [6, 6.07) is 19.9. The molecule has 1 heterocycles. The van der Waals surface area contributed by atoms with Crippen LogP contribution in [0, 0.1) is 11.3 Å². The molecule has 0 unspecified atom stereocenters. The Morgan fingerprint density at radius 3 is 2.67 bits per heavy atom. The monoisotopic (exact) mass is 332 g/mol. The van der Waals surface area contributed by atoms with Crippen molar-refractivity contribution in [3.05, 3.63) is 70.5 Å². The van der Waals surface area contributed by atoms with Gasteiger partial charge in [-0.05, 0) is 19.1 Å². The van der Waals surface area contributed by atoms with Crippen LogP contribution in [0.5, 0.6) is 5.75 Å². The number of nitriles is 1. The first kappa shape index (κ1) is 16.0. The molecule has 2 aromatic carbocycles. The Morgan fingerprint density at radius 2 is 1.92 bits per heavy atom. The van der Waals surface area contributed by atoms with Gasteiger partial charge in [0, 0.05) is 16.5 Å². The van der Waals surface area contributed by atoms with Crippen molar-refractivity contribution in [2.24, 2.45) is 0 Å². The van der Waals surface area contributed by atoms with Crippen molar-refractivity contribution in [2.75, 3.05) is 6.61 Å². The third-order valence-electron chi connectivity index (χ3n) is 3.44. The molecule has 118 valence electrons. The van der Waals surface area contributed by atoms with Crippen LogP contribution >= 0.6 is 11.3 Å². The third-order valence-corrected chi connectivity index (χ3v) is 4.32. The molecule has 0 amide bonds. The van der Waals surface area contributed by atoms with Crippen LogP contribution in [-0.4, -0.2) is 11.6 Å². The second-order valence-corrected chi connectivity index (χ2v) is 5.90. The maximum atomic E-state index is 9.55. The van der Waals surface area contributed by atoms with Crippen LogP contribution in [0.15, 0.2) is 60.0 Å². The molecule has 0 saturated carbocycles. The fourth-order valence-corrected chi connectivity index (χ4v) is 3.12. The van der Waals surface area contributed by atoms with E-state index >= 15 is 0 Å². The summed E-state index contributed by atoms with van der Waals surface area (Å²) in [5.41, 5.74) is 3.35. The number of hydrogen-bond acceptors (Lipinski definition) is 4. The van der Waals surface area contributed by atoms with Gasteiger partial charge in [0.1, 0.15) is 16.8 Å². The summed E-state index contributed by atoms with van der Waals surface area (Å²) in [6.45, 7) is 2.53. The fraction of sp³-hybridized carbons (Fsp3) is 0.100. The Bertz CT molecular complexity index is 891. The Hall–Kier alpha value is -2.90. The van der Waals surface area contributed by atoms with E-state index in [1.54, 1.807) is 0 Å². The Kier molecular flexibility index (Phi) is 5.05. The predicted octanol–water partition coefficient (Wildman–Crippen LogP) is 5.27. The van der Waals surface area contributed by atoms with Crippen LogP contribution in [0.3, 0.4) is 0 Å². The number of aromatic nitrogens is 1. The van der Waals surface area contributed by atoms with E-state index in [1.807, 2.05) is 73.0 Å². The van der Waals surface area contributed by atoms with Crippen LogP contribution in [-0.2, 0) is 0 Å². The lowest BCUT2D eigenvalue weighted by Crippen LogP contribution is -1.93. The van der Waals surface area contributed by atoms with Crippen LogP contribution in [0.25, 0.3) is 22.9 Å². The molecular formula is C20H16N2OS. The van der Waals surface area contributed by atoms with Crippen LogP contribution < -0.4 is 4.74 Å². The van der Waals surface area contributed by atoms with Crippen molar-refractivity contribution in [1.29, 1.82) is 5.26 Å². The van der Waals surface area contributed by atoms with Crippen molar-refractivity contribution in [2.45, 2.75) is 6.92 Å². The van der Waals surface area contributed by atoms with E-state index in [1.165, 1.54) is 11.3 Å². The second-order valence-electron chi connectivity index (χ2n) is 5.04. The molecule has 0 fully saturated rings. The van der Waals surface area contributed by atoms with E-state index in [-0.39, 0.29) is 0 Å². The zero-order chi connectivity index (χ0) is 16.8. The third kappa shape index (κ3) is 3.53. The predicted molar refractivity (Wildman–Crippen MR) is 98.6 cm³/mol. The standard InChI is InChI=1S/C20H16N2OS/c1-2-23-19-11-7-6-10-16(19)12-17(13-21)20-22-18(14-24-20)15-8-4-3-5-9-15/h3-12,14H,2H2,1H3/b17-12+. The number of hydrogen-bond donors (Lipinski definition) is 0. The Morgan fingerprint density at radius 1 is 1.17 bits per heavy atom. The molecule has 4 heteroatoms. The Balaban J connectivity index is 1.96. The first-order chi connectivity index (χ1) is 11.8. The summed E-state index contributed by atoms with van der Waals surface area (Å²) in [7, 11) is 0. The van der Waals surface area contributed by atoms with Gasteiger partial charge in [-0.1, -0.05) is 48.5 Å². The maximum Gasteiger partial charge on any atom is 0.134 e. The van der Waals surface area contributed by atoms with Gasteiger partial charge in [0.15, 0.2) is 0 Å². The summed E-state index contributed by atoms with van der Waals surface area (Å²) in [5.74, 6) is 0.771. The largest absolute Gasteiger partial charge is 0.493 e. The molecule has 24 heavy (non-hydrogen) atoms. The van der Waals surface area contributed by atoms with Gasteiger partial charge in [-0.25, -0.2) is 4.98 Å². The van der Waals surface area contributed by atoms with E-state index in [2.05, 4.69) is 11.1 Å². The van der Waals surface area contributed by atoms with E-state index < -0.39 is 0 Å². The van der Waals surface area contributed by atoms with Crippen molar-refractivity contribution < 1.29 is 4.74 Å². The highest BCUT2D eigenvalue weighted by atomic mass is 32.1. The number of nitrogens with zero attached hydrogens (tertiary/aromatic N) is 2. The van der Waals surface area contributed by atoms with Crippen molar-refractivity contribution in [3.63, 3.8) is 0 Å². The molecule has 0 spiro atoms. The molecule has 0 radical (unpaired) electrons. The van der Waals surface area contributed by atoms with Gasteiger partial charge in [0.2, 0.25) is 0 Å². The van der Waals surface area contributed by atoms with Crippen LogP contribution in [0.1, 0.15) is 17.5 Å². The molecule has 0 N–H and O–H groups in total. The molecule has 3 nitrogen and oxygen atoms in total. The van der Waals surface area contributed by atoms with Crippen molar-refractivity contribution in [3.8, 4) is 23.1 Å². The van der Waals surface area contributed by atoms with Gasteiger partial charge >= 0.3 is 0 Å². The minimum absolute atomic E-state index is 0.536. The average molecular weight is 332 g/mol. The van der Waals surface area contributed by atoms with Gasteiger partial charge in [-0.15, -0.1) is 11.3 Å². The van der Waals surface area contributed by atoms with Gasteiger partial charge in [0.25, 0.3) is 0 Å². The lowest BCUT2D eigenvalue weighted by atomic mass is 10.1. The summed E-state index contributed by atoms with van der Waals surface area (Å²) in [4.78, 5) is 4.61. The van der Waals surface area contributed by atoms with E-state index in [0.29, 0.717) is 17.2 Å². The number of rotatable bonds is 5. The van der Waals surface area contributed by atoms with Gasteiger partial charge in [-0.3, -0.25) is 0 Å². The number of allylic oxidation sites excluding steroid dienone is 1. The van der Waals surface area contributed by atoms with Crippen LogP contribution in [0.2, 0.25) is 0 Å². The molecule has 1 aromatic heterocycles. The summed E-state index contributed by atoms with van der Waals surface area (Å²) < 4.78 is 5.62. The minimum atomic E-state index is 0.536. The normalized spacial score (nSPS) is 11.1. The lowest BCUT2D eigenvalue weighted by molar-refractivity contribution is 0.339. The Labute approximate surface area is 145 Å². The molecule has 0 atom stereocenters. The molecule has 0 aliphatic carbocycles. The van der Waals surface area contributed by atoms with Gasteiger partial charge in [0.05, 0.1) is 17.9 Å². The zero-order valence-electron chi connectivity index (χ0n) is 13.3. The van der Waals surface area contributed by atoms with Gasteiger partial charge in [-0.2, -0.15) is 5.26 Å². The highest BCUT2D eigenvalue weighted by molar-refractivity contribution is 7.11. The second kappa shape index (κ2) is 7.58. The molecular weight excluding hydrogens is 316 g/mol. The van der Waals surface area contributed by atoms with E-state index in [4.69, 9.17) is 4.74 Å². The van der Waals surface area contributed by atoms with Crippen LogP contribution in [0.4, 0.5) is 0 Å². The molecule has 0 aliphatic heterocycles. The topological polar surface area (TPSA) is 45.9 Å². The molecule has 0 saturated heterocycles. The fourth-order valence-electron chi connectivity index (χ4n) is 2.32. The highest BCUT2D eigenvalue weighted by Crippen LogP contribution is 2.29. The smallest absolute Gasteiger partial charge is 0.134 e. The maximum absolute atomic E-state index is 9.55. The molecule has 0 aliphatic rings. The number of benzene rings is 2. The van der Waals surface area contributed by atoms with E-state index in [0.717, 1.165) is 22.6 Å². The number of para-hydroxylation sites is 1. The molecule has 3 rings (SSSR count). The average Bonchev–Trinajstić information content (AvgIpc) is 3.12. The quantitative estimate of drug-likeness (QED) is 0.598. The SMILES string of the molecule is CCOc1ccccc1/C=C(\C#N)c1nc(-c2ccccc2)cs1. The summed E-state index contributed by atoms with van der Waals surface area (Å²) >= 11 is 1.47. The molecule has 0 bridgehead atoms. The first-order valence-corrected chi connectivity index (χ1v) is 8.54. The number of ether oxygens (including phenoxy) is 1. The first-order valence-electron chi connectivity index (χ1n) is 7.66.